The van der Waals surface area contributed by atoms with E-state index in [9.17, 15) is 4.79 Å². The van der Waals surface area contributed by atoms with Crippen LogP contribution in [0, 0.1) is 0 Å². The number of carbonyl (C=O) groups is 1. The van der Waals surface area contributed by atoms with Crippen LogP contribution in [-0.2, 0) is 11.3 Å². The average Bonchev–Trinajstić information content (AvgIpc) is 2.39. The highest BCUT2D eigenvalue weighted by Crippen LogP contribution is 2.20. The molecule has 1 aromatic carbocycles. The number of nitrogens with two attached hydrogens (primary N) is 1. The molecule has 0 amide bonds. The number of hydrogen-bond acceptors (Lipinski definition) is 4. The van der Waals surface area contributed by atoms with Gasteiger partial charge in [-0.1, -0.05) is 19.9 Å². The molecule has 0 heterocycles. The Morgan fingerprint density at radius 1 is 1.31 bits per heavy atom. The molecule has 16 heavy (non-hydrogen) atoms. The van der Waals surface area contributed by atoms with E-state index in [2.05, 4.69) is 4.74 Å². The molecule has 0 spiro atoms. The number of carbonyl (C=O) groups excluding carboxylic acids is 1. The molecule has 0 bridgehead atoms. The summed E-state index contributed by atoms with van der Waals surface area (Å²) in [4.78, 5) is 11.3. The number of methoxy groups -OCH3 is 2. The summed E-state index contributed by atoms with van der Waals surface area (Å²) in [7, 11) is 2.83. The molecule has 0 atom stereocenters. The molecule has 0 aliphatic heterocycles. The highest BCUT2D eigenvalue weighted by Gasteiger charge is 2.12. The van der Waals surface area contributed by atoms with Crippen LogP contribution in [0.3, 0.4) is 0 Å². The van der Waals surface area contributed by atoms with E-state index in [-0.39, 0.29) is 0 Å². The number of benzene rings is 1. The largest absolute Gasteiger partial charge is 0.496 e. The molecule has 2 N–H and O–H groups in total. The predicted octanol–water partition coefficient (Wildman–Crippen LogP) is 1.97. The van der Waals surface area contributed by atoms with Gasteiger partial charge in [-0.3, -0.25) is 0 Å². The van der Waals surface area contributed by atoms with Gasteiger partial charge in [0.05, 0.1) is 14.2 Å². The Morgan fingerprint density at radius 2 is 1.94 bits per heavy atom. The van der Waals surface area contributed by atoms with Gasteiger partial charge >= 0.3 is 5.97 Å². The molecule has 0 aromatic heterocycles. The van der Waals surface area contributed by atoms with Crippen molar-refractivity contribution in [3.8, 4) is 5.75 Å². The van der Waals surface area contributed by atoms with Gasteiger partial charge in [-0.15, -0.1) is 0 Å². The topological polar surface area (TPSA) is 61.5 Å². The summed E-state index contributed by atoms with van der Waals surface area (Å²) in [5.41, 5.74) is 6.78. The van der Waals surface area contributed by atoms with E-state index < -0.39 is 5.97 Å². The molecular weight excluding hydrogens is 206 g/mol. The number of rotatable bonds is 3. The molecule has 1 rings (SSSR count). The Kier molecular flexibility index (Phi) is 6.96. The second kappa shape index (κ2) is 7.70. The summed E-state index contributed by atoms with van der Waals surface area (Å²) in [6.07, 6.45) is 0. The SMILES string of the molecule is CC.COC(=O)c1ccc(CN)cc1OC. The summed E-state index contributed by atoms with van der Waals surface area (Å²) >= 11 is 0. The monoisotopic (exact) mass is 225 g/mol. The van der Waals surface area contributed by atoms with Crippen molar-refractivity contribution in [2.75, 3.05) is 14.2 Å². The van der Waals surface area contributed by atoms with E-state index in [1.165, 1.54) is 14.2 Å². The molecule has 4 nitrogen and oxygen atoms in total. The fraction of sp³-hybridized carbons (Fsp3) is 0.417. The fourth-order valence-electron chi connectivity index (χ4n) is 1.14. The molecular formula is C12H19NO3. The molecule has 90 valence electrons. The normalized spacial score (nSPS) is 8.81. The van der Waals surface area contributed by atoms with Crippen LogP contribution >= 0.6 is 0 Å². The molecule has 0 fully saturated rings. The molecule has 0 aliphatic carbocycles. The highest BCUT2D eigenvalue weighted by atomic mass is 16.5. The lowest BCUT2D eigenvalue weighted by atomic mass is 10.1. The molecule has 0 unspecified atom stereocenters. The van der Waals surface area contributed by atoms with Gasteiger partial charge in [0.1, 0.15) is 11.3 Å². The first kappa shape index (κ1) is 14.5. The van der Waals surface area contributed by atoms with E-state index in [0.29, 0.717) is 17.9 Å². The summed E-state index contributed by atoms with van der Waals surface area (Å²) in [6, 6.07) is 5.15. The average molecular weight is 225 g/mol. The van der Waals surface area contributed by atoms with E-state index >= 15 is 0 Å². The first-order chi connectivity index (χ1) is 7.72. The Morgan fingerprint density at radius 3 is 2.38 bits per heavy atom. The van der Waals surface area contributed by atoms with Gasteiger partial charge in [-0.25, -0.2) is 4.79 Å². The third-order valence-electron chi connectivity index (χ3n) is 1.91. The number of hydrogen-bond donors (Lipinski definition) is 1. The van der Waals surface area contributed by atoms with Gasteiger partial charge in [0.15, 0.2) is 0 Å². The van der Waals surface area contributed by atoms with E-state index in [0.717, 1.165) is 5.56 Å². The van der Waals surface area contributed by atoms with Crippen LogP contribution in [0.5, 0.6) is 5.75 Å². The smallest absolute Gasteiger partial charge is 0.341 e. The lowest BCUT2D eigenvalue weighted by Crippen LogP contribution is -2.05. The minimum Gasteiger partial charge on any atom is -0.496 e. The highest BCUT2D eigenvalue weighted by molar-refractivity contribution is 5.92. The zero-order valence-corrected chi connectivity index (χ0v) is 10.2. The van der Waals surface area contributed by atoms with Crippen molar-refractivity contribution in [3.63, 3.8) is 0 Å². The molecule has 0 radical (unpaired) electrons. The molecule has 0 saturated carbocycles. The van der Waals surface area contributed by atoms with Crippen LogP contribution in [-0.4, -0.2) is 20.2 Å². The van der Waals surface area contributed by atoms with Crippen molar-refractivity contribution in [1.29, 1.82) is 0 Å². The quantitative estimate of drug-likeness (QED) is 0.799. The van der Waals surface area contributed by atoms with E-state index in [1.807, 2.05) is 13.8 Å². The summed E-state index contributed by atoms with van der Waals surface area (Å²) in [5, 5.41) is 0. The number of ether oxygens (including phenoxy) is 2. The lowest BCUT2D eigenvalue weighted by Gasteiger charge is -2.07. The van der Waals surface area contributed by atoms with Gasteiger partial charge in [-0.2, -0.15) is 0 Å². The zero-order chi connectivity index (χ0) is 12.6. The molecule has 0 aliphatic rings. The van der Waals surface area contributed by atoms with Gasteiger partial charge < -0.3 is 15.2 Å². The van der Waals surface area contributed by atoms with Gasteiger partial charge in [0.2, 0.25) is 0 Å². The second-order valence-corrected chi connectivity index (χ2v) is 2.73. The minimum absolute atomic E-state index is 0.409. The zero-order valence-electron chi connectivity index (χ0n) is 10.2. The van der Waals surface area contributed by atoms with Crippen LogP contribution in [0.2, 0.25) is 0 Å². The Balaban J connectivity index is 0.00000106. The van der Waals surface area contributed by atoms with Crippen molar-refractivity contribution in [2.45, 2.75) is 20.4 Å². The lowest BCUT2D eigenvalue weighted by molar-refractivity contribution is 0.0597. The molecule has 0 saturated heterocycles. The Labute approximate surface area is 96.4 Å². The van der Waals surface area contributed by atoms with Gasteiger partial charge in [0, 0.05) is 6.54 Å². The first-order valence-electron chi connectivity index (χ1n) is 5.18. The third-order valence-corrected chi connectivity index (χ3v) is 1.91. The summed E-state index contributed by atoms with van der Waals surface area (Å²) in [6.45, 7) is 4.41. The van der Waals surface area contributed by atoms with Crippen molar-refractivity contribution < 1.29 is 14.3 Å². The number of esters is 1. The molecule has 1 aromatic rings. The minimum atomic E-state index is -0.412. The summed E-state index contributed by atoms with van der Waals surface area (Å²) < 4.78 is 9.66. The molecule has 4 heteroatoms. The summed E-state index contributed by atoms with van der Waals surface area (Å²) in [5.74, 6) is 0.0743. The maximum atomic E-state index is 11.3. The standard InChI is InChI=1S/C10H13NO3.C2H6/c1-13-9-5-7(6-11)3-4-8(9)10(12)14-2;1-2/h3-5H,6,11H2,1-2H3;1-2H3. The van der Waals surface area contributed by atoms with Crippen molar-refractivity contribution in [2.24, 2.45) is 5.73 Å². The Hall–Kier alpha value is -1.55. The van der Waals surface area contributed by atoms with Crippen LogP contribution < -0.4 is 10.5 Å². The van der Waals surface area contributed by atoms with E-state index in [1.54, 1.807) is 18.2 Å². The predicted molar refractivity (Wildman–Crippen MR) is 63.6 cm³/mol. The van der Waals surface area contributed by atoms with Crippen molar-refractivity contribution in [1.82, 2.24) is 0 Å². The van der Waals surface area contributed by atoms with Crippen LogP contribution in [0.25, 0.3) is 0 Å². The van der Waals surface area contributed by atoms with Crippen molar-refractivity contribution >= 4 is 5.97 Å². The van der Waals surface area contributed by atoms with Crippen LogP contribution in [0.15, 0.2) is 18.2 Å². The fourth-order valence-corrected chi connectivity index (χ4v) is 1.14. The van der Waals surface area contributed by atoms with Crippen LogP contribution in [0.4, 0.5) is 0 Å². The third kappa shape index (κ3) is 3.55. The second-order valence-electron chi connectivity index (χ2n) is 2.73. The van der Waals surface area contributed by atoms with Crippen molar-refractivity contribution in [3.05, 3.63) is 29.3 Å². The van der Waals surface area contributed by atoms with Gasteiger partial charge in [-0.05, 0) is 17.7 Å². The van der Waals surface area contributed by atoms with E-state index in [4.69, 9.17) is 10.5 Å². The van der Waals surface area contributed by atoms with Crippen LogP contribution in [0.1, 0.15) is 29.8 Å². The maximum absolute atomic E-state index is 11.3. The maximum Gasteiger partial charge on any atom is 0.341 e. The first-order valence-corrected chi connectivity index (χ1v) is 5.18. The Bertz CT molecular complexity index is 337. The van der Waals surface area contributed by atoms with Gasteiger partial charge in [0.25, 0.3) is 0 Å².